The van der Waals surface area contributed by atoms with Crippen LogP contribution in [-0.4, -0.2) is 37.0 Å². The number of carbonyl (C=O) groups excluding carboxylic acids is 1. The van der Waals surface area contributed by atoms with Crippen LogP contribution in [0, 0.1) is 11.8 Å². The minimum atomic E-state index is -0.0380. The van der Waals surface area contributed by atoms with Crippen molar-refractivity contribution in [3.05, 3.63) is 30.3 Å². The molecule has 5 heteroatoms. The molecule has 2 unspecified atom stereocenters. The number of nitrogens with two attached hydrogens (primary N) is 1. The third kappa shape index (κ3) is 8.24. The molecule has 0 saturated heterocycles. The maximum Gasteiger partial charge on any atom is 0.225 e. The molecule has 1 rings (SSSR count). The Morgan fingerprint density at radius 3 is 2.35 bits per heavy atom. The highest BCUT2D eigenvalue weighted by Crippen LogP contribution is 2.12. The molecule has 1 aromatic carbocycles. The molecule has 4 nitrogen and oxygen atoms in total. The Hall–Kier alpha value is -1.26. The number of ether oxygens (including phenoxy) is 1. The summed E-state index contributed by atoms with van der Waals surface area (Å²) in [6.07, 6.45) is 1.56. The first-order valence-corrected chi connectivity index (χ1v) is 8.10. The third-order valence-electron chi connectivity index (χ3n) is 4.01. The van der Waals surface area contributed by atoms with E-state index in [0.29, 0.717) is 25.5 Å². The van der Waals surface area contributed by atoms with E-state index in [-0.39, 0.29) is 30.3 Å². The van der Waals surface area contributed by atoms with Crippen LogP contribution in [0.5, 0.6) is 5.75 Å². The van der Waals surface area contributed by atoms with Crippen LogP contribution in [0.1, 0.15) is 33.6 Å². The van der Waals surface area contributed by atoms with Gasteiger partial charge < -0.3 is 15.4 Å². The third-order valence-corrected chi connectivity index (χ3v) is 4.01. The van der Waals surface area contributed by atoms with Gasteiger partial charge in [0.2, 0.25) is 5.91 Å². The first-order chi connectivity index (χ1) is 10.4. The lowest BCUT2D eigenvalue weighted by molar-refractivity contribution is -0.134. The van der Waals surface area contributed by atoms with E-state index in [4.69, 9.17) is 10.5 Å². The van der Waals surface area contributed by atoms with Crippen molar-refractivity contribution in [3.63, 3.8) is 0 Å². The Labute approximate surface area is 146 Å². The Kier molecular flexibility index (Phi) is 10.7. The largest absolute Gasteiger partial charge is 0.494 e. The fraction of sp³-hybridized carbons (Fsp3) is 0.611. The summed E-state index contributed by atoms with van der Waals surface area (Å²) in [7, 11) is 1.85. The van der Waals surface area contributed by atoms with Gasteiger partial charge in [-0.3, -0.25) is 4.79 Å². The van der Waals surface area contributed by atoms with Gasteiger partial charge in [-0.05, 0) is 30.9 Å². The van der Waals surface area contributed by atoms with E-state index < -0.39 is 0 Å². The van der Waals surface area contributed by atoms with Gasteiger partial charge in [0.15, 0.2) is 0 Å². The van der Waals surface area contributed by atoms with Gasteiger partial charge in [0.25, 0.3) is 0 Å². The number of benzene rings is 1. The molecule has 0 heterocycles. The summed E-state index contributed by atoms with van der Waals surface area (Å²) >= 11 is 0. The van der Waals surface area contributed by atoms with E-state index in [1.54, 1.807) is 4.90 Å². The first kappa shape index (κ1) is 21.7. The highest BCUT2D eigenvalue weighted by Gasteiger charge is 2.18. The first-order valence-electron chi connectivity index (χ1n) is 8.10. The van der Waals surface area contributed by atoms with Crippen molar-refractivity contribution < 1.29 is 9.53 Å². The van der Waals surface area contributed by atoms with E-state index in [1.165, 1.54) is 0 Å². The van der Waals surface area contributed by atoms with Crippen LogP contribution in [0.25, 0.3) is 0 Å². The molecule has 0 aliphatic rings. The number of rotatable bonds is 9. The van der Waals surface area contributed by atoms with Gasteiger partial charge in [-0.25, -0.2) is 0 Å². The van der Waals surface area contributed by atoms with Crippen molar-refractivity contribution in [2.45, 2.75) is 39.7 Å². The van der Waals surface area contributed by atoms with E-state index in [2.05, 4.69) is 13.8 Å². The van der Waals surface area contributed by atoms with Crippen LogP contribution in [-0.2, 0) is 4.79 Å². The predicted octanol–water partition coefficient (Wildman–Crippen LogP) is 3.35. The predicted molar refractivity (Wildman–Crippen MR) is 98.0 cm³/mol. The number of hydrogen-bond acceptors (Lipinski definition) is 3. The smallest absolute Gasteiger partial charge is 0.225 e. The van der Waals surface area contributed by atoms with Gasteiger partial charge in [0.05, 0.1) is 6.61 Å². The molecule has 0 bridgehead atoms. The van der Waals surface area contributed by atoms with Crippen molar-refractivity contribution in [1.29, 1.82) is 0 Å². The van der Waals surface area contributed by atoms with Crippen LogP contribution in [0.4, 0.5) is 0 Å². The van der Waals surface area contributed by atoms with Crippen molar-refractivity contribution in [2.75, 3.05) is 20.2 Å². The van der Waals surface area contributed by atoms with Crippen LogP contribution >= 0.6 is 12.4 Å². The lowest BCUT2D eigenvalue weighted by atomic mass is 10.0. The molecule has 132 valence electrons. The average molecular weight is 343 g/mol. The Balaban J connectivity index is 0.00000484. The molecule has 0 saturated carbocycles. The van der Waals surface area contributed by atoms with Gasteiger partial charge in [-0.1, -0.05) is 39.0 Å². The zero-order valence-electron chi connectivity index (χ0n) is 14.7. The molecular weight excluding hydrogens is 312 g/mol. The molecule has 0 fully saturated rings. The minimum absolute atomic E-state index is 0. The molecule has 0 aromatic heterocycles. The van der Waals surface area contributed by atoms with Crippen LogP contribution in [0.15, 0.2) is 30.3 Å². The molecule has 2 atom stereocenters. The van der Waals surface area contributed by atoms with Crippen LogP contribution in [0.2, 0.25) is 0 Å². The molecule has 1 amide bonds. The highest BCUT2D eigenvalue weighted by molar-refractivity contribution is 5.85. The van der Waals surface area contributed by atoms with Gasteiger partial charge in [-0.15, -0.1) is 12.4 Å². The summed E-state index contributed by atoms with van der Waals surface area (Å²) in [6, 6.07) is 9.82. The van der Waals surface area contributed by atoms with Crippen molar-refractivity contribution in [3.8, 4) is 5.75 Å². The van der Waals surface area contributed by atoms with E-state index >= 15 is 0 Å². The number of para-hydroxylation sites is 1. The summed E-state index contributed by atoms with van der Waals surface area (Å²) in [5.74, 6) is 1.41. The average Bonchev–Trinajstić information content (AvgIpc) is 2.52. The van der Waals surface area contributed by atoms with Gasteiger partial charge in [0.1, 0.15) is 5.75 Å². The monoisotopic (exact) mass is 342 g/mol. The van der Waals surface area contributed by atoms with Crippen LogP contribution < -0.4 is 10.5 Å². The van der Waals surface area contributed by atoms with Crippen LogP contribution in [0.3, 0.4) is 0 Å². The highest BCUT2D eigenvalue weighted by atomic mass is 35.5. The fourth-order valence-corrected chi connectivity index (χ4v) is 2.16. The molecule has 23 heavy (non-hydrogen) atoms. The summed E-state index contributed by atoms with van der Waals surface area (Å²) < 4.78 is 5.65. The Bertz CT molecular complexity index is 440. The van der Waals surface area contributed by atoms with Crippen molar-refractivity contribution in [1.82, 2.24) is 4.90 Å². The van der Waals surface area contributed by atoms with Crippen molar-refractivity contribution in [2.24, 2.45) is 17.6 Å². The van der Waals surface area contributed by atoms with Crippen molar-refractivity contribution >= 4 is 18.3 Å². The molecule has 0 aliphatic heterocycles. The second kappa shape index (κ2) is 11.3. The quantitative estimate of drug-likeness (QED) is 0.748. The van der Waals surface area contributed by atoms with Gasteiger partial charge in [0, 0.05) is 25.6 Å². The Morgan fingerprint density at radius 2 is 1.78 bits per heavy atom. The normalized spacial score (nSPS) is 13.1. The number of carbonyl (C=O) groups is 1. The second-order valence-corrected chi connectivity index (χ2v) is 6.31. The second-order valence-electron chi connectivity index (χ2n) is 6.31. The zero-order valence-corrected chi connectivity index (χ0v) is 15.5. The summed E-state index contributed by atoms with van der Waals surface area (Å²) in [4.78, 5) is 14.1. The Morgan fingerprint density at radius 1 is 1.17 bits per heavy atom. The van der Waals surface area contributed by atoms with E-state index in [9.17, 15) is 4.79 Å². The number of amides is 1. The molecule has 0 spiro atoms. The maximum absolute atomic E-state index is 12.3. The summed E-state index contributed by atoms with van der Waals surface area (Å²) in [5, 5.41) is 0. The zero-order chi connectivity index (χ0) is 16.5. The van der Waals surface area contributed by atoms with E-state index in [1.807, 2.05) is 44.3 Å². The molecule has 2 N–H and O–H groups in total. The SMILES string of the molecule is CC(CCOc1ccccc1)C(=O)N(C)CCC(N)C(C)C.Cl. The molecule has 1 aromatic rings. The molecule has 0 aliphatic carbocycles. The number of halogens is 1. The summed E-state index contributed by atoms with van der Waals surface area (Å²) in [6.45, 7) is 7.43. The topological polar surface area (TPSA) is 55.6 Å². The lowest BCUT2D eigenvalue weighted by Crippen LogP contribution is -2.37. The number of hydrogen-bond donors (Lipinski definition) is 1. The maximum atomic E-state index is 12.3. The molecule has 0 radical (unpaired) electrons. The molecular formula is C18H31ClN2O2. The van der Waals surface area contributed by atoms with Gasteiger partial charge >= 0.3 is 0 Å². The number of nitrogens with zero attached hydrogens (tertiary/aromatic N) is 1. The fourth-order valence-electron chi connectivity index (χ4n) is 2.16. The summed E-state index contributed by atoms with van der Waals surface area (Å²) in [5.41, 5.74) is 6.03. The van der Waals surface area contributed by atoms with Gasteiger partial charge in [-0.2, -0.15) is 0 Å². The lowest BCUT2D eigenvalue weighted by Gasteiger charge is -2.24. The standard InChI is InChI=1S/C18H30N2O2.ClH/c1-14(2)17(19)10-12-20(4)18(21)15(3)11-13-22-16-8-6-5-7-9-16;/h5-9,14-15,17H,10-13,19H2,1-4H3;1H. The minimum Gasteiger partial charge on any atom is -0.494 e. The van der Waals surface area contributed by atoms with E-state index in [0.717, 1.165) is 12.2 Å².